The fraction of sp³-hybridized carbons (Fsp3) is 0.375. The van der Waals surface area contributed by atoms with Crippen LogP contribution in [0.1, 0.15) is 43.7 Å². The van der Waals surface area contributed by atoms with Gasteiger partial charge in [-0.15, -0.1) is 13.2 Å². The van der Waals surface area contributed by atoms with E-state index in [-0.39, 0.29) is 5.54 Å². The Hall–Kier alpha value is -2.39. The van der Waals surface area contributed by atoms with E-state index in [1.165, 1.54) is 5.56 Å². The SMILES string of the molecule is C=C.CCN(C)C1(c2cccc(OCc3ccccc3)c2)CCC(=O)CC1. The minimum atomic E-state index is -0.0607. The van der Waals surface area contributed by atoms with Crippen LogP contribution in [0.25, 0.3) is 0 Å². The Balaban J connectivity index is 0.00000126. The van der Waals surface area contributed by atoms with Crippen LogP contribution < -0.4 is 4.74 Å². The summed E-state index contributed by atoms with van der Waals surface area (Å²) in [5, 5.41) is 0. The van der Waals surface area contributed by atoms with Crippen molar-refractivity contribution in [2.75, 3.05) is 13.6 Å². The van der Waals surface area contributed by atoms with Crippen molar-refractivity contribution in [3.05, 3.63) is 78.9 Å². The van der Waals surface area contributed by atoms with Crippen molar-refractivity contribution in [3.63, 3.8) is 0 Å². The van der Waals surface area contributed by atoms with Gasteiger partial charge in [0.15, 0.2) is 0 Å². The van der Waals surface area contributed by atoms with Crippen molar-refractivity contribution in [2.24, 2.45) is 0 Å². The number of hydrogen-bond acceptors (Lipinski definition) is 3. The molecular weight excluding hydrogens is 334 g/mol. The molecule has 1 aliphatic carbocycles. The third-order valence-electron chi connectivity index (χ3n) is 5.46. The zero-order chi connectivity index (χ0) is 19.7. The second-order valence-corrected chi connectivity index (χ2v) is 6.89. The lowest BCUT2D eigenvalue weighted by Crippen LogP contribution is -2.46. The lowest BCUT2D eigenvalue weighted by molar-refractivity contribution is -0.123. The Labute approximate surface area is 163 Å². The summed E-state index contributed by atoms with van der Waals surface area (Å²) < 4.78 is 6.02. The molecule has 2 aromatic carbocycles. The van der Waals surface area contributed by atoms with Gasteiger partial charge in [0, 0.05) is 18.4 Å². The molecule has 0 spiro atoms. The summed E-state index contributed by atoms with van der Waals surface area (Å²) in [4.78, 5) is 14.2. The molecule has 0 amide bonds. The molecule has 3 rings (SSSR count). The molecular formula is C24H31NO2. The summed E-state index contributed by atoms with van der Waals surface area (Å²) in [6.07, 6.45) is 3.11. The van der Waals surface area contributed by atoms with Crippen LogP contribution in [-0.2, 0) is 16.9 Å². The standard InChI is InChI=1S/C22H27NO2.C2H4/c1-3-23(2)22(14-12-20(24)13-15-22)19-10-7-11-21(16-19)25-17-18-8-5-4-6-9-18;1-2/h4-11,16H,3,12-15,17H2,1-2H3;1-2H2. The number of hydrogen-bond donors (Lipinski definition) is 0. The normalized spacial score (nSPS) is 15.7. The molecule has 3 nitrogen and oxygen atoms in total. The van der Waals surface area contributed by atoms with Crippen LogP contribution >= 0.6 is 0 Å². The Morgan fingerprint density at radius 1 is 1.04 bits per heavy atom. The van der Waals surface area contributed by atoms with Gasteiger partial charge in [-0.1, -0.05) is 49.4 Å². The summed E-state index contributed by atoms with van der Waals surface area (Å²) >= 11 is 0. The molecule has 1 saturated carbocycles. The van der Waals surface area contributed by atoms with Gasteiger partial charge in [-0.05, 0) is 49.7 Å². The van der Waals surface area contributed by atoms with E-state index in [2.05, 4.69) is 62.4 Å². The molecule has 0 heterocycles. The van der Waals surface area contributed by atoms with E-state index in [9.17, 15) is 4.79 Å². The van der Waals surface area contributed by atoms with E-state index < -0.39 is 0 Å². The molecule has 0 aromatic heterocycles. The van der Waals surface area contributed by atoms with Crippen molar-refractivity contribution in [2.45, 2.75) is 44.8 Å². The third kappa shape index (κ3) is 5.08. The van der Waals surface area contributed by atoms with Crippen molar-refractivity contribution < 1.29 is 9.53 Å². The molecule has 2 aromatic rings. The van der Waals surface area contributed by atoms with E-state index in [0.29, 0.717) is 25.2 Å². The molecule has 0 unspecified atom stereocenters. The largest absolute Gasteiger partial charge is 0.489 e. The smallest absolute Gasteiger partial charge is 0.133 e. The van der Waals surface area contributed by atoms with Crippen LogP contribution in [0.15, 0.2) is 67.8 Å². The highest BCUT2D eigenvalue weighted by molar-refractivity contribution is 5.79. The van der Waals surface area contributed by atoms with Crippen molar-refractivity contribution in [1.82, 2.24) is 4.90 Å². The summed E-state index contributed by atoms with van der Waals surface area (Å²) in [6.45, 7) is 9.70. The first kappa shape index (κ1) is 20.9. The number of carbonyl (C=O) groups is 1. The number of carbonyl (C=O) groups excluding carboxylic acids is 1. The zero-order valence-corrected chi connectivity index (χ0v) is 16.6. The monoisotopic (exact) mass is 365 g/mol. The molecule has 1 fully saturated rings. The molecule has 0 saturated heterocycles. The molecule has 0 N–H and O–H groups in total. The predicted molar refractivity (Wildman–Crippen MR) is 112 cm³/mol. The third-order valence-corrected chi connectivity index (χ3v) is 5.46. The highest BCUT2D eigenvalue weighted by atomic mass is 16.5. The number of ketones is 1. The van der Waals surface area contributed by atoms with Gasteiger partial charge in [-0.2, -0.15) is 0 Å². The first-order valence-electron chi connectivity index (χ1n) is 9.64. The van der Waals surface area contributed by atoms with Gasteiger partial charge < -0.3 is 4.74 Å². The van der Waals surface area contributed by atoms with Gasteiger partial charge in [-0.3, -0.25) is 9.69 Å². The maximum absolute atomic E-state index is 11.8. The summed E-state index contributed by atoms with van der Waals surface area (Å²) in [7, 11) is 2.16. The predicted octanol–water partition coefficient (Wildman–Crippen LogP) is 5.36. The Morgan fingerprint density at radius 3 is 2.33 bits per heavy atom. The molecule has 0 radical (unpaired) electrons. The van der Waals surface area contributed by atoms with Crippen molar-refractivity contribution >= 4 is 5.78 Å². The van der Waals surface area contributed by atoms with Crippen LogP contribution in [0.4, 0.5) is 0 Å². The van der Waals surface area contributed by atoms with E-state index >= 15 is 0 Å². The number of rotatable bonds is 6. The summed E-state index contributed by atoms with van der Waals surface area (Å²) in [5.41, 5.74) is 2.36. The van der Waals surface area contributed by atoms with Crippen LogP contribution in [0, 0.1) is 0 Å². The average Bonchev–Trinajstić information content (AvgIpc) is 2.75. The van der Waals surface area contributed by atoms with E-state index in [1.54, 1.807) is 0 Å². The highest BCUT2D eigenvalue weighted by Gasteiger charge is 2.39. The molecule has 0 aliphatic heterocycles. The topological polar surface area (TPSA) is 29.5 Å². The number of benzene rings is 2. The average molecular weight is 366 g/mol. The minimum absolute atomic E-state index is 0.0607. The first-order chi connectivity index (χ1) is 13.1. The van der Waals surface area contributed by atoms with E-state index in [1.807, 2.05) is 24.3 Å². The maximum atomic E-state index is 11.8. The number of nitrogens with zero attached hydrogens (tertiary/aromatic N) is 1. The molecule has 144 valence electrons. The second kappa shape index (κ2) is 10.1. The summed E-state index contributed by atoms with van der Waals surface area (Å²) in [5.74, 6) is 1.28. The van der Waals surface area contributed by atoms with Crippen molar-refractivity contribution in [1.29, 1.82) is 0 Å². The summed E-state index contributed by atoms with van der Waals surface area (Å²) in [6, 6.07) is 18.6. The quantitative estimate of drug-likeness (QED) is 0.646. The van der Waals surface area contributed by atoms with Crippen LogP contribution in [0.5, 0.6) is 5.75 Å². The molecule has 1 aliphatic rings. The van der Waals surface area contributed by atoms with Gasteiger partial charge in [0.25, 0.3) is 0 Å². The first-order valence-corrected chi connectivity index (χ1v) is 9.64. The number of Topliss-reactive ketones (excluding diaryl/α,β-unsaturated/α-hetero) is 1. The van der Waals surface area contributed by atoms with Gasteiger partial charge in [0.2, 0.25) is 0 Å². The Morgan fingerprint density at radius 2 is 1.70 bits per heavy atom. The Kier molecular flexibility index (Phi) is 7.81. The minimum Gasteiger partial charge on any atom is -0.489 e. The Bertz CT molecular complexity index is 716. The van der Waals surface area contributed by atoms with Gasteiger partial charge >= 0.3 is 0 Å². The molecule has 3 heteroatoms. The lowest BCUT2D eigenvalue weighted by Gasteiger charge is -2.44. The van der Waals surface area contributed by atoms with Gasteiger partial charge in [-0.25, -0.2) is 0 Å². The van der Waals surface area contributed by atoms with Crippen LogP contribution in [0.2, 0.25) is 0 Å². The zero-order valence-electron chi connectivity index (χ0n) is 16.6. The highest BCUT2D eigenvalue weighted by Crippen LogP contribution is 2.41. The van der Waals surface area contributed by atoms with Gasteiger partial charge in [0.05, 0.1) is 0 Å². The fourth-order valence-electron chi connectivity index (χ4n) is 3.75. The van der Waals surface area contributed by atoms with Crippen LogP contribution in [0.3, 0.4) is 0 Å². The van der Waals surface area contributed by atoms with Gasteiger partial charge in [0.1, 0.15) is 18.1 Å². The molecule has 0 atom stereocenters. The van der Waals surface area contributed by atoms with Crippen LogP contribution in [-0.4, -0.2) is 24.3 Å². The fourth-order valence-corrected chi connectivity index (χ4v) is 3.75. The van der Waals surface area contributed by atoms with Crippen molar-refractivity contribution in [3.8, 4) is 5.75 Å². The number of ether oxygens (including phenoxy) is 1. The lowest BCUT2D eigenvalue weighted by atomic mass is 9.75. The van der Waals surface area contributed by atoms with E-state index in [0.717, 1.165) is 30.7 Å². The van der Waals surface area contributed by atoms with E-state index in [4.69, 9.17) is 4.74 Å². The second-order valence-electron chi connectivity index (χ2n) is 6.89. The molecule has 0 bridgehead atoms. The maximum Gasteiger partial charge on any atom is 0.133 e. The molecule has 27 heavy (non-hydrogen) atoms.